The van der Waals surface area contributed by atoms with Crippen molar-refractivity contribution in [2.24, 2.45) is 11.3 Å². The van der Waals surface area contributed by atoms with Crippen LogP contribution in [0.3, 0.4) is 0 Å². The SMILES string of the molecule is O=C1NC(=O)C2(CCCCC2)C(=O)N1CC1CCCC1. The largest absolute Gasteiger partial charge is 0.330 e. The van der Waals surface area contributed by atoms with Gasteiger partial charge in [-0.25, -0.2) is 4.79 Å². The van der Waals surface area contributed by atoms with E-state index in [4.69, 9.17) is 0 Å². The molecule has 1 aliphatic heterocycles. The maximum atomic E-state index is 12.8. The summed E-state index contributed by atoms with van der Waals surface area (Å²) < 4.78 is 0. The highest BCUT2D eigenvalue weighted by atomic mass is 16.2. The van der Waals surface area contributed by atoms with Crippen LogP contribution in [0.15, 0.2) is 0 Å². The van der Waals surface area contributed by atoms with Gasteiger partial charge in [-0.15, -0.1) is 0 Å². The van der Waals surface area contributed by atoms with Crippen LogP contribution in [0, 0.1) is 11.3 Å². The summed E-state index contributed by atoms with van der Waals surface area (Å²) in [5, 5.41) is 2.42. The van der Waals surface area contributed by atoms with Crippen LogP contribution < -0.4 is 5.32 Å². The molecule has 3 aliphatic rings. The van der Waals surface area contributed by atoms with Gasteiger partial charge in [-0.3, -0.25) is 19.8 Å². The molecule has 2 aliphatic carbocycles. The molecular weight excluding hydrogens is 256 g/mol. The summed E-state index contributed by atoms with van der Waals surface area (Å²) in [6.07, 6.45) is 8.55. The highest BCUT2D eigenvalue weighted by Gasteiger charge is 2.54. The average molecular weight is 278 g/mol. The fraction of sp³-hybridized carbons (Fsp3) is 0.800. The van der Waals surface area contributed by atoms with Crippen LogP contribution in [0.5, 0.6) is 0 Å². The molecule has 0 radical (unpaired) electrons. The van der Waals surface area contributed by atoms with E-state index in [0.29, 0.717) is 25.3 Å². The van der Waals surface area contributed by atoms with Crippen LogP contribution in [0.4, 0.5) is 4.79 Å². The lowest BCUT2D eigenvalue weighted by Crippen LogP contribution is -2.64. The van der Waals surface area contributed by atoms with Gasteiger partial charge in [0.2, 0.25) is 11.8 Å². The molecule has 3 rings (SSSR count). The molecule has 1 N–H and O–H groups in total. The van der Waals surface area contributed by atoms with E-state index in [0.717, 1.165) is 32.1 Å². The Bertz CT molecular complexity index is 434. The van der Waals surface area contributed by atoms with E-state index in [1.54, 1.807) is 0 Å². The molecule has 110 valence electrons. The fourth-order valence-electron chi connectivity index (χ4n) is 3.95. The number of hydrogen-bond acceptors (Lipinski definition) is 3. The van der Waals surface area contributed by atoms with Gasteiger partial charge in [-0.2, -0.15) is 0 Å². The molecule has 2 saturated carbocycles. The Morgan fingerprint density at radius 1 is 1.00 bits per heavy atom. The summed E-state index contributed by atoms with van der Waals surface area (Å²) in [6.45, 7) is 0.486. The maximum absolute atomic E-state index is 12.8. The Labute approximate surface area is 119 Å². The number of barbiturate groups is 1. The smallest absolute Gasteiger partial charge is 0.277 e. The molecule has 5 heteroatoms. The number of hydrogen-bond donors (Lipinski definition) is 1. The van der Waals surface area contributed by atoms with Gasteiger partial charge in [0.1, 0.15) is 5.41 Å². The summed E-state index contributed by atoms with van der Waals surface area (Å²) in [4.78, 5) is 38.3. The molecule has 0 atom stereocenters. The monoisotopic (exact) mass is 278 g/mol. The molecule has 3 fully saturated rings. The van der Waals surface area contributed by atoms with Crippen molar-refractivity contribution >= 4 is 17.8 Å². The van der Waals surface area contributed by atoms with Crippen LogP contribution in [0.2, 0.25) is 0 Å². The zero-order valence-electron chi connectivity index (χ0n) is 11.8. The third-order valence-corrected chi connectivity index (χ3v) is 5.18. The van der Waals surface area contributed by atoms with Crippen molar-refractivity contribution in [2.75, 3.05) is 6.54 Å². The van der Waals surface area contributed by atoms with E-state index in [1.807, 2.05) is 0 Å². The topological polar surface area (TPSA) is 66.5 Å². The van der Waals surface area contributed by atoms with E-state index >= 15 is 0 Å². The summed E-state index contributed by atoms with van der Waals surface area (Å²) in [5.41, 5.74) is -0.954. The van der Waals surface area contributed by atoms with Crippen molar-refractivity contribution in [2.45, 2.75) is 57.8 Å². The zero-order valence-corrected chi connectivity index (χ0v) is 11.8. The zero-order chi connectivity index (χ0) is 14.2. The molecule has 4 amide bonds. The Kier molecular flexibility index (Phi) is 3.52. The molecule has 1 heterocycles. The van der Waals surface area contributed by atoms with Gasteiger partial charge >= 0.3 is 6.03 Å². The van der Waals surface area contributed by atoms with Crippen molar-refractivity contribution in [3.05, 3.63) is 0 Å². The van der Waals surface area contributed by atoms with Crippen LogP contribution in [0.1, 0.15) is 57.8 Å². The van der Waals surface area contributed by atoms with Crippen LogP contribution in [-0.4, -0.2) is 29.3 Å². The van der Waals surface area contributed by atoms with Gasteiger partial charge in [0.25, 0.3) is 0 Å². The number of nitrogens with zero attached hydrogens (tertiary/aromatic N) is 1. The molecule has 1 spiro atoms. The minimum absolute atomic E-state index is 0.238. The number of imide groups is 2. The molecular formula is C15H22N2O3. The Morgan fingerprint density at radius 3 is 2.30 bits per heavy atom. The van der Waals surface area contributed by atoms with E-state index < -0.39 is 11.4 Å². The highest BCUT2D eigenvalue weighted by Crippen LogP contribution is 2.40. The van der Waals surface area contributed by atoms with Crippen LogP contribution >= 0.6 is 0 Å². The lowest BCUT2D eigenvalue weighted by Gasteiger charge is -2.42. The number of amides is 4. The quantitative estimate of drug-likeness (QED) is 0.787. The Morgan fingerprint density at radius 2 is 1.65 bits per heavy atom. The third kappa shape index (κ3) is 2.13. The van der Waals surface area contributed by atoms with Gasteiger partial charge in [0.05, 0.1) is 0 Å². The summed E-state index contributed by atoms with van der Waals surface area (Å²) >= 11 is 0. The third-order valence-electron chi connectivity index (χ3n) is 5.18. The number of carbonyl (C=O) groups excluding carboxylic acids is 3. The minimum atomic E-state index is -0.954. The molecule has 1 saturated heterocycles. The van der Waals surface area contributed by atoms with Crippen molar-refractivity contribution in [1.29, 1.82) is 0 Å². The van der Waals surface area contributed by atoms with E-state index in [1.165, 1.54) is 17.7 Å². The normalized spacial score (nSPS) is 27.2. The Balaban J connectivity index is 1.80. The van der Waals surface area contributed by atoms with Crippen molar-refractivity contribution in [3.63, 3.8) is 0 Å². The first-order valence-corrected chi connectivity index (χ1v) is 7.81. The Hall–Kier alpha value is -1.39. The number of carbonyl (C=O) groups is 3. The van der Waals surface area contributed by atoms with Gasteiger partial charge in [0, 0.05) is 6.54 Å². The molecule has 20 heavy (non-hydrogen) atoms. The molecule has 0 aromatic carbocycles. The first-order valence-electron chi connectivity index (χ1n) is 7.81. The standard InChI is InChI=1S/C15H22N2O3/c18-12-15(8-4-1-5-9-15)13(19)17(14(20)16-12)10-11-6-2-3-7-11/h11H,1-10H2,(H,16,18,20). The molecule has 0 unspecified atom stereocenters. The number of urea groups is 1. The average Bonchev–Trinajstić information content (AvgIpc) is 2.96. The first kappa shape index (κ1) is 13.6. The molecule has 0 bridgehead atoms. The van der Waals surface area contributed by atoms with Crippen molar-refractivity contribution in [1.82, 2.24) is 10.2 Å². The van der Waals surface area contributed by atoms with Crippen molar-refractivity contribution < 1.29 is 14.4 Å². The summed E-state index contributed by atoms with van der Waals surface area (Å²) in [7, 11) is 0. The number of nitrogens with one attached hydrogen (secondary N) is 1. The maximum Gasteiger partial charge on any atom is 0.330 e. The van der Waals surface area contributed by atoms with Gasteiger partial charge in [-0.05, 0) is 31.6 Å². The predicted octanol–water partition coefficient (Wildman–Crippen LogP) is 2.21. The van der Waals surface area contributed by atoms with Gasteiger partial charge in [-0.1, -0.05) is 32.1 Å². The predicted molar refractivity (Wildman–Crippen MR) is 72.7 cm³/mol. The molecule has 5 nitrogen and oxygen atoms in total. The van der Waals surface area contributed by atoms with Crippen molar-refractivity contribution in [3.8, 4) is 0 Å². The lowest BCUT2D eigenvalue weighted by atomic mass is 9.71. The number of rotatable bonds is 2. The van der Waals surface area contributed by atoms with Crippen LogP contribution in [0.25, 0.3) is 0 Å². The van der Waals surface area contributed by atoms with E-state index in [-0.39, 0.29) is 11.8 Å². The second-order valence-corrected chi connectivity index (χ2v) is 6.47. The lowest BCUT2D eigenvalue weighted by molar-refractivity contribution is -0.154. The fourth-order valence-corrected chi connectivity index (χ4v) is 3.95. The summed E-state index contributed by atoms with van der Waals surface area (Å²) in [6, 6.07) is -0.511. The minimum Gasteiger partial charge on any atom is -0.277 e. The highest BCUT2D eigenvalue weighted by molar-refractivity contribution is 6.19. The van der Waals surface area contributed by atoms with Crippen LogP contribution in [-0.2, 0) is 9.59 Å². The second kappa shape index (κ2) is 5.19. The molecule has 0 aromatic rings. The summed E-state index contributed by atoms with van der Waals surface area (Å²) in [5.74, 6) is -0.189. The first-order chi connectivity index (χ1) is 9.63. The van der Waals surface area contributed by atoms with Gasteiger partial charge in [0.15, 0.2) is 0 Å². The van der Waals surface area contributed by atoms with Gasteiger partial charge < -0.3 is 0 Å². The second-order valence-electron chi connectivity index (χ2n) is 6.47. The van der Waals surface area contributed by atoms with E-state index in [2.05, 4.69) is 5.32 Å². The molecule has 0 aromatic heterocycles. The van der Waals surface area contributed by atoms with E-state index in [9.17, 15) is 14.4 Å².